The highest BCUT2D eigenvalue weighted by atomic mass is 35.5. The SMILES string of the molecule is O=C(Nc1ccccc1)N1Cc2c(sc3c2CCCC3)-n2cccc2[C@H]1c1cccc(Cl)c1. The summed E-state index contributed by atoms with van der Waals surface area (Å²) >= 11 is 8.30. The minimum Gasteiger partial charge on any atom is -0.310 e. The van der Waals surface area contributed by atoms with Gasteiger partial charge >= 0.3 is 6.03 Å². The molecule has 4 aromatic rings. The zero-order chi connectivity index (χ0) is 22.4. The summed E-state index contributed by atoms with van der Waals surface area (Å²) in [6.45, 7) is 0.568. The molecule has 0 radical (unpaired) electrons. The van der Waals surface area contributed by atoms with E-state index in [1.165, 1.54) is 33.8 Å². The van der Waals surface area contributed by atoms with Gasteiger partial charge in [-0.15, -0.1) is 11.3 Å². The third-order valence-corrected chi connectivity index (χ3v) is 8.20. The van der Waals surface area contributed by atoms with E-state index in [0.717, 1.165) is 29.8 Å². The maximum Gasteiger partial charge on any atom is 0.322 e. The number of benzene rings is 2. The Kier molecular flexibility index (Phi) is 5.24. The second kappa shape index (κ2) is 8.40. The van der Waals surface area contributed by atoms with Crippen LogP contribution in [0.1, 0.15) is 46.1 Å². The van der Waals surface area contributed by atoms with Gasteiger partial charge in [0, 0.05) is 27.3 Å². The summed E-state index contributed by atoms with van der Waals surface area (Å²) in [6.07, 6.45) is 6.81. The Morgan fingerprint density at radius 3 is 2.67 bits per heavy atom. The number of nitrogens with one attached hydrogen (secondary N) is 1. The van der Waals surface area contributed by atoms with Crippen LogP contribution < -0.4 is 5.32 Å². The van der Waals surface area contributed by atoms with E-state index >= 15 is 0 Å². The number of fused-ring (bicyclic) bond motifs is 5. The molecule has 33 heavy (non-hydrogen) atoms. The number of anilines is 1. The van der Waals surface area contributed by atoms with E-state index in [1.54, 1.807) is 0 Å². The summed E-state index contributed by atoms with van der Waals surface area (Å²) in [6, 6.07) is 21.4. The Morgan fingerprint density at radius 1 is 0.970 bits per heavy atom. The van der Waals surface area contributed by atoms with E-state index < -0.39 is 0 Å². The first-order valence-corrected chi connectivity index (χ1v) is 12.6. The predicted molar refractivity (Wildman–Crippen MR) is 135 cm³/mol. The molecule has 1 aliphatic carbocycles. The number of hydrogen-bond acceptors (Lipinski definition) is 2. The average molecular weight is 474 g/mol. The lowest BCUT2D eigenvalue weighted by Gasteiger charge is -2.31. The number of aromatic nitrogens is 1. The van der Waals surface area contributed by atoms with Crippen LogP contribution >= 0.6 is 22.9 Å². The normalized spacial score (nSPS) is 17.0. The molecule has 1 atom stereocenters. The number of carbonyl (C=O) groups excluding carboxylic acids is 1. The zero-order valence-corrected chi connectivity index (χ0v) is 19.7. The van der Waals surface area contributed by atoms with Crippen LogP contribution in [0.5, 0.6) is 0 Å². The van der Waals surface area contributed by atoms with Crippen molar-refractivity contribution in [2.75, 3.05) is 5.32 Å². The molecular formula is C27H24ClN3OS. The molecular weight excluding hydrogens is 450 g/mol. The molecule has 2 aromatic carbocycles. The van der Waals surface area contributed by atoms with Crippen molar-refractivity contribution in [2.45, 2.75) is 38.3 Å². The fourth-order valence-electron chi connectivity index (χ4n) is 5.13. The number of para-hydroxylation sites is 1. The summed E-state index contributed by atoms with van der Waals surface area (Å²) in [5.74, 6) is 0. The first-order valence-electron chi connectivity index (χ1n) is 11.4. The van der Waals surface area contributed by atoms with Crippen molar-refractivity contribution in [2.24, 2.45) is 0 Å². The number of halogens is 1. The van der Waals surface area contributed by atoms with E-state index in [1.807, 2.05) is 64.8 Å². The van der Waals surface area contributed by atoms with Gasteiger partial charge in [0.25, 0.3) is 0 Å². The van der Waals surface area contributed by atoms with Gasteiger partial charge in [0.2, 0.25) is 0 Å². The minimum atomic E-state index is -0.249. The van der Waals surface area contributed by atoms with Gasteiger partial charge < -0.3 is 14.8 Å². The van der Waals surface area contributed by atoms with Gasteiger partial charge in [-0.25, -0.2) is 4.79 Å². The quantitative estimate of drug-likeness (QED) is 0.328. The number of aryl methyl sites for hydroxylation is 1. The summed E-state index contributed by atoms with van der Waals surface area (Å²) in [5, 5.41) is 5.05. The first-order chi connectivity index (χ1) is 16.2. The second-order valence-corrected chi connectivity index (χ2v) is 10.2. The molecule has 6 heteroatoms. The van der Waals surface area contributed by atoms with Crippen LogP contribution in [0.15, 0.2) is 72.9 Å². The number of urea groups is 1. The first kappa shape index (κ1) is 20.6. The molecule has 2 aliphatic rings. The number of carbonyl (C=O) groups is 1. The molecule has 1 N–H and O–H groups in total. The third kappa shape index (κ3) is 3.65. The topological polar surface area (TPSA) is 37.3 Å². The highest BCUT2D eigenvalue weighted by Crippen LogP contribution is 2.44. The Balaban J connectivity index is 1.51. The standard InChI is InChI=1S/C27H24ClN3OS/c28-19-9-6-8-18(16-19)25-23-13-7-15-30(23)26-22(21-12-4-5-14-24(21)33-26)17-31(25)27(32)29-20-10-2-1-3-11-20/h1-3,6-11,13,15-16,25H,4-5,12,14,17H2,(H,29,32)/t25-/m1/s1. The summed E-state index contributed by atoms with van der Waals surface area (Å²) < 4.78 is 2.29. The molecule has 2 aromatic heterocycles. The van der Waals surface area contributed by atoms with E-state index in [-0.39, 0.29) is 12.1 Å². The van der Waals surface area contributed by atoms with Gasteiger partial charge in [-0.3, -0.25) is 0 Å². The van der Waals surface area contributed by atoms with Gasteiger partial charge in [-0.05, 0) is 73.2 Å². The highest BCUT2D eigenvalue weighted by molar-refractivity contribution is 7.15. The van der Waals surface area contributed by atoms with Gasteiger partial charge in [0.15, 0.2) is 0 Å². The largest absolute Gasteiger partial charge is 0.322 e. The summed E-state index contributed by atoms with van der Waals surface area (Å²) in [5.41, 5.74) is 5.62. The van der Waals surface area contributed by atoms with Crippen LogP contribution in [-0.2, 0) is 19.4 Å². The van der Waals surface area contributed by atoms with Crippen molar-refractivity contribution in [3.05, 3.63) is 105 Å². The van der Waals surface area contributed by atoms with Crippen LogP contribution in [0.3, 0.4) is 0 Å². The Hall–Kier alpha value is -3.02. The molecule has 3 heterocycles. The molecule has 0 unspecified atom stereocenters. The van der Waals surface area contributed by atoms with Crippen molar-refractivity contribution >= 4 is 34.7 Å². The molecule has 6 rings (SSSR count). The van der Waals surface area contributed by atoms with Crippen LogP contribution in [0.25, 0.3) is 5.00 Å². The fraction of sp³-hybridized carbons (Fsp3) is 0.222. The fourth-order valence-corrected chi connectivity index (χ4v) is 6.73. The highest BCUT2D eigenvalue weighted by Gasteiger charge is 2.36. The number of hydrogen-bond donors (Lipinski definition) is 1. The number of rotatable bonds is 2. The van der Waals surface area contributed by atoms with Crippen LogP contribution in [0, 0.1) is 0 Å². The van der Waals surface area contributed by atoms with E-state index in [2.05, 4.69) is 34.3 Å². The molecule has 0 saturated carbocycles. The van der Waals surface area contributed by atoms with Gasteiger partial charge in [0.05, 0.1) is 18.3 Å². The molecule has 2 amide bonds. The van der Waals surface area contributed by atoms with Crippen molar-refractivity contribution in [3.63, 3.8) is 0 Å². The number of thiophene rings is 1. The maximum absolute atomic E-state index is 13.8. The Bertz CT molecular complexity index is 1330. The Morgan fingerprint density at radius 2 is 1.82 bits per heavy atom. The van der Waals surface area contributed by atoms with E-state index in [4.69, 9.17) is 11.6 Å². The Labute approximate surface area is 202 Å². The second-order valence-electron chi connectivity index (χ2n) is 8.68. The monoisotopic (exact) mass is 473 g/mol. The minimum absolute atomic E-state index is 0.109. The van der Waals surface area contributed by atoms with Crippen molar-refractivity contribution < 1.29 is 4.79 Å². The van der Waals surface area contributed by atoms with E-state index in [0.29, 0.717) is 11.6 Å². The smallest absolute Gasteiger partial charge is 0.310 e. The summed E-state index contributed by atoms with van der Waals surface area (Å²) in [7, 11) is 0. The summed E-state index contributed by atoms with van der Waals surface area (Å²) in [4.78, 5) is 17.2. The lowest BCUT2D eigenvalue weighted by atomic mass is 9.95. The van der Waals surface area contributed by atoms with Crippen molar-refractivity contribution in [1.29, 1.82) is 0 Å². The van der Waals surface area contributed by atoms with Gasteiger partial charge in [-0.1, -0.05) is 41.9 Å². The maximum atomic E-state index is 13.8. The zero-order valence-electron chi connectivity index (χ0n) is 18.1. The molecule has 0 saturated heterocycles. The number of amides is 2. The lowest BCUT2D eigenvalue weighted by molar-refractivity contribution is 0.194. The number of nitrogens with zero attached hydrogens (tertiary/aromatic N) is 2. The van der Waals surface area contributed by atoms with Crippen molar-refractivity contribution in [1.82, 2.24) is 9.47 Å². The van der Waals surface area contributed by atoms with Crippen LogP contribution in [0.4, 0.5) is 10.5 Å². The van der Waals surface area contributed by atoms with Crippen molar-refractivity contribution in [3.8, 4) is 5.00 Å². The van der Waals surface area contributed by atoms with Crippen LogP contribution in [0.2, 0.25) is 5.02 Å². The molecule has 0 spiro atoms. The molecule has 0 fully saturated rings. The van der Waals surface area contributed by atoms with E-state index in [9.17, 15) is 4.79 Å². The molecule has 0 bridgehead atoms. The third-order valence-electron chi connectivity index (χ3n) is 6.63. The van der Waals surface area contributed by atoms with Crippen LogP contribution in [-0.4, -0.2) is 15.5 Å². The van der Waals surface area contributed by atoms with Gasteiger partial charge in [-0.2, -0.15) is 0 Å². The molecule has 1 aliphatic heterocycles. The lowest BCUT2D eigenvalue weighted by Crippen LogP contribution is -2.38. The molecule has 4 nitrogen and oxygen atoms in total. The average Bonchev–Trinajstić information content (AvgIpc) is 3.41. The molecule has 166 valence electrons. The predicted octanol–water partition coefficient (Wildman–Crippen LogP) is 7.21. The van der Waals surface area contributed by atoms with Gasteiger partial charge in [0.1, 0.15) is 5.00 Å².